The van der Waals surface area contributed by atoms with E-state index in [9.17, 15) is 14.0 Å². The van der Waals surface area contributed by atoms with Gasteiger partial charge in [0.1, 0.15) is 0 Å². The highest BCUT2D eigenvalue weighted by molar-refractivity contribution is 7.61. The number of rotatable bonds is 5. The second kappa shape index (κ2) is 4.94. The van der Waals surface area contributed by atoms with Crippen molar-refractivity contribution >= 4 is 15.6 Å². The molecule has 0 aromatic heterocycles. The lowest BCUT2D eigenvalue weighted by Crippen LogP contribution is -2.27. The van der Waals surface area contributed by atoms with Gasteiger partial charge in [-0.25, -0.2) is 9.13 Å². The molecule has 106 valence electrons. The van der Waals surface area contributed by atoms with E-state index in [1.54, 1.807) is 0 Å². The van der Waals surface area contributed by atoms with E-state index >= 15 is 0 Å². The van der Waals surface area contributed by atoms with Gasteiger partial charge in [0, 0.05) is 13.7 Å². The monoisotopic (exact) mass is 303 g/mol. The molecule has 18 heavy (non-hydrogen) atoms. The minimum atomic E-state index is -4.70. The normalized spacial score (nSPS) is 38.1. The molecule has 4 unspecified atom stereocenters. The summed E-state index contributed by atoms with van der Waals surface area (Å²) in [5.41, 5.74) is -0.771. The van der Waals surface area contributed by atoms with Gasteiger partial charge in [0.05, 0.1) is 0 Å². The van der Waals surface area contributed by atoms with Gasteiger partial charge in [0.2, 0.25) is 0 Å². The molecule has 0 bridgehead atoms. The Kier molecular flexibility index (Phi) is 4.00. The molecule has 2 rings (SSSR count). The van der Waals surface area contributed by atoms with E-state index in [1.165, 1.54) is 0 Å². The van der Waals surface area contributed by atoms with E-state index in [4.69, 9.17) is 14.2 Å². The van der Waals surface area contributed by atoms with Crippen LogP contribution in [0.3, 0.4) is 0 Å². The number of ether oxygens (including phenoxy) is 1. The van der Waals surface area contributed by atoms with Gasteiger partial charge in [-0.3, -0.25) is 14.4 Å². The van der Waals surface area contributed by atoms with Crippen molar-refractivity contribution in [3.05, 3.63) is 0 Å². The second-order valence-corrected chi connectivity index (χ2v) is 7.13. The second-order valence-electron chi connectivity index (χ2n) is 4.03. The Hall–Kier alpha value is 0.180. The van der Waals surface area contributed by atoms with E-state index in [-0.39, 0.29) is 0 Å². The highest BCUT2D eigenvalue weighted by Gasteiger charge is 2.60. The molecule has 0 aliphatic carbocycles. The zero-order valence-corrected chi connectivity index (χ0v) is 11.4. The van der Waals surface area contributed by atoms with Crippen molar-refractivity contribution in [3.8, 4) is 0 Å². The number of nitrogens with one attached hydrogen (secondary N) is 1. The van der Waals surface area contributed by atoms with Gasteiger partial charge in [-0.1, -0.05) is 0 Å². The number of hydrogen-bond acceptors (Lipinski definition) is 7. The summed E-state index contributed by atoms with van der Waals surface area (Å²) in [5, 5.41) is 2.78. The smallest absolute Gasteiger partial charge is 0.356 e. The molecular weight excluding hydrogens is 288 g/mol. The molecule has 11 heteroatoms. The van der Waals surface area contributed by atoms with Crippen LogP contribution < -0.4 is 5.32 Å². The molecule has 0 aromatic carbocycles. The van der Waals surface area contributed by atoms with E-state index in [1.807, 2.05) is 0 Å². The summed E-state index contributed by atoms with van der Waals surface area (Å²) < 4.78 is 40.7. The standard InChI is InChI=1S/C7H15NO8P2/c1-13-17(9,10)16-18(11,12)15-6-7(8-6)4-2-3-5-14-7/h6,8H,2-5H2,1H3,(H,9,10)(H,11,12). The molecule has 2 heterocycles. The molecule has 0 saturated carbocycles. The summed E-state index contributed by atoms with van der Waals surface area (Å²) in [6, 6.07) is 0. The molecule has 2 fully saturated rings. The average Bonchev–Trinajstić information content (AvgIpc) is 2.88. The average molecular weight is 303 g/mol. The highest BCUT2D eigenvalue weighted by Crippen LogP contribution is 2.62. The van der Waals surface area contributed by atoms with E-state index in [2.05, 4.69) is 14.2 Å². The Bertz CT molecular complexity index is 408. The van der Waals surface area contributed by atoms with Crippen LogP contribution in [0, 0.1) is 0 Å². The number of phosphoric ester groups is 2. The fourth-order valence-corrected chi connectivity index (χ4v) is 3.70. The van der Waals surface area contributed by atoms with Gasteiger partial charge < -0.3 is 14.5 Å². The van der Waals surface area contributed by atoms with Crippen LogP contribution in [-0.4, -0.2) is 35.5 Å². The topological polar surface area (TPSA) is 133 Å². The lowest BCUT2D eigenvalue weighted by atomic mass is 10.1. The maximum absolute atomic E-state index is 11.5. The fraction of sp³-hybridized carbons (Fsp3) is 1.00. The lowest BCUT2D eigenvalue weighted by molar-refractivity contribution is -0.0347. The minimum absolute atomic E-state index is 0.528. The van der Waals surface area contributed by atoms with Crippen LogP contribution in [-0.2, 0) is 27.2 Å². The first-order valence-corrected chi connectivity index (χ1v) is 8.30. The quantitative estimate of drug-likeness (QED) is 0.495. The van der Waals surface area contributed by atoms with Crippen molar-refractivity contribution in [2.75, 3.05) is 13.7 Å². The molecule has 0 aromatic rings. The molecular formula is C7H15NO8P2. The van der Waals surface area contributed by atoms with Gasteiger partial charge in [-0.2, -0.15) is 4.31 Å². The highest BCUT2D eigenvalue weighted by atomic mass is 31.3. The zero-order valence-electron chi connectivity index (χ0n) is 9.64. The van der Waals surface area contributed by atoms with E-state index in [0.29, 0.717) is 13.0 Å². The van der Waals surface area contributed by atoms with Crippen LogP contribution in [0.25, 0.3) is 0 Å². The third-order valence-electron chi connectivity index (χ3n) is 2.69. The summed E-state index contributed by atoms with van der Waals surface area (Å²) in [6.07, 6.45) is 1.63. The summed E-state index contributed by atoms with van der Waals surface area (Å²) in [4.78, 5) is 18.3. The fourth-order valence-electron chi connectivity index (χ4n) is 1.74. The minimum Gasteiger partial charge on any atom is -0.356 e. The molecule has 0 radical (unpaired) electrons. The largest absolute Gasteiger partial charge is 0.482 e. The summed E-state index contributed by atoms with van der Waals surface area (Å²) in [7, 11) is -8.40. The van der Waals surface area contributed by atoms with E-state index in [0.717, 1.165) is 20.0 Å². The molecule has 4 atom stereocenters. The maximum Gasteiger partial charge on any atom is 0.482 e. The first kappa shape index (κ1) is 14.6. The van der Waals surface area contributed by atoms with Crippen LogP contribution in [0.2, 0.25) is 0 Å². The van der Waals surface area contributed by atoms with Crippen LogP contribution in [0.5, 0.6) is 0 Å². The molecule has 3 N–H and O–H groups in total. The van der Waals surface area contributed by atoms with Crippen molar-refractivity contribution in [2.24, 2.45) is 0 Å². The van der Waals surface area contributed by atoms with Crippen molar-refractivity contribution in [3.63, 3.8) is 0 Å². The third-order valence-corrected chi connectivity index (χ3v) is 5.28. The number of hydrogen-bond donors (Lipinski definition) is 3. The molecule has 2 aliphatic heterocycles. The van der Waals surface area contributed by atoms with Crippen molar-refractivity contribution in [2.45, 2.75) is 31.2 Å². The van der Waals surface area contributed by atoms with Gasteiger partial charge in [0.15, 0.2) is 12.0 Å². The van der Waals surface area contributed by atoms with Crippen molar-refractivity contribution < 1.29 is 37.0 Å². The number of phosphoric acid groups is 2. The van der Waals surface area contributed by atoms with E-state index < -0.39 is 27.6 Å². The summed E-state index contributed by atoms with van der Waals surface area (Å²) in [6.45, 7) is 0.528. The predicted octanol–water partition coefficient (Wildman–Crippen LogP) is 0.693. The van der Waals surface area contributed by atoms with Crippen molar-refractivity contribution in [1.29, 1.82) is 0 Å². The van der Waals surface area contributed by atoms with Gasteiger partial charge in [-0.15, -0.1) is 0 Å². The first-order chi connectivity index (χ1) is 8.29. The molecule has 0 amide bonds. The third kappa shape index (κ3) is 3.39. The molecule has 2 saturated heterocycles. The maximum atomic E-state index is 11.5. The van der Waals surface area contributed by atoms with Crippen LogP contribution in [0.1, 0.15) is 19.3 Å². The van der Waals surface area contributed by atoms with Crippen LogP contribution >= 0.6 is 15.6 Å². The summed E-state index contributed by atoms with van der Waals surface area (Å²) in [5.74, 6) is 0. The predicted molar refractivity (Wildman–Crippen MR) is 58.3 cm³/mol. The Morgan fingerprint density at radius 1 is 1.33 bits per heavy atom. The Labute approximate surface area is 104 Å². The Morgan fingerprint density at radius 2 is 2.06 bits per heavy atom. The lowest BCUT2D eigenvalue weighted by Gasteiger charge is -2.21. The van der Waals surface area contributed by atoms with Gasteiger partial charge in [-0.05, 0) is 19.3 Å². The van der Waals surface area contributed by atoms with Gasteiger partial charge in [0.25, 0.3) is 0 Å². The Balaban J connectivity index is 1.90. The van der Waals surface area contributed by atoms with Crippen LogP contribution in [0.4, 0.5) is 0 Å². The first-order valence-electron chi connectivity index (χ1n) is 5.31. The SMILES string of the molecule is COP(=O)(O)OP(=O)(O)OC1NC12CCCCO2. The molecule has 9 nitrogen and oxygen atoms in total. The van der Waals surface area contributed by atoms with Crippen molar-refractivity contribution in [1.82, 2.24) is 5.32 Å². The molecule has 1 spiro atoms. The zero-order chi connectivity index (χ0) is 13.4. The molecule has 2 aliphatic rings. The van der Waals surface area contributed by atoms with Gasteiger partial charge >= 0.3 is 15.6 Å². The van der Waals surface area contributed by atoms with Crippen LogP contribution in [0.15, 0.2) is 0 Å². The summed E-state index contributed by atoms with van der Waals surface area (Å²) >= 11 is 0. The Morgan fingerprint density at radius 3 is 2.61 bits per heavy atom.